The number of aryl methyl sites for hydroxylation is 1. The van der Waals surface area contributed by atoms with E-state index in [4.69, 9.17) is 4.42 Å². The van der Waals surface area contributed by atoms with E-state index in [1.54, 1.807) is 0 Å². The molecule has 0 unspecified atom stereocenters. The molecule has 0 radical (unpaired) electrons. The number of ketones is 1. The highest BCUT2D eigenvalue weighted by Crippen LogP contribution is 2.29. The van der Waals surface area contributed by atoms with E-state index in [0.717, 1.165) is 34.2 Å². The molecule has 0 spiro atoms. The van der Waals surface area contributed by atoms with Gasteiger partial charge < -0.3 is 4.42 Å². The molecular weight excluding hydrogens is 346 g/mol. The molecule has 2 aromatic heterocycles. The van der Waals surface area contributed by atoms with Crippen LogP contribution in [0.2, 0.25) is 0 Å². The number of thiazole rings is 1. The zero-order valence-electron chi connectivity index (χ0n) is 14.3. The third kappa shape index (κ3) is 3.28. The highest BCUT2D eigenvalue weighted by atomic mass is 32.1. The van der Waals surface area contributed by atoms with Crippen LogP contribution in [0, 0.1) is 0 Å². The first-order valence-electron chi connectivity index (χ1n) is 8.57. The molecule has 0 aliphatic carbocycles. The molecule has 2 heterocycles. The van der Waals surface area contributed by atoms with Crippen LogP contribution in [0.4, 0.5) is 0 Å². The van der Waals surface area contributed by atoms with Crippen molar-refractivity contribution in [2.45, 2.75) is 26.2 Å². The minimum Gasteiger partial charge on any atom is -0.418 e. The maximum Gasteiger partial charge on any atom is 0.291 e. The number of fused-ring (bicyclic) bond motifs is 1. The number of rotatable bonds is 6. The summed E-state index contributed by atoms with van der Waals surface area (Å²) in [6, 6.07) is 16.1. The lowest BCUT2D eigenvalue weighted by atomic mass is 10.1. The number of nitrogens with zero attached hydrogens (tertiary/aromatic N) is 3. The van der Waals surface area contributed by atoms with Gasteiger partial charge in [0.25, 0.3) is 11.7 Å². The number of aromatic nitrogens is 3. The monoisotopic (exact) mass is 363 g/mol. The Hall–Kier alpha value is -2.86. The highest BCUT2D eigenvalue weighted by molar-refractivity contribution is 7.20. The summed E-state index contributed by atoms with van der Waals surface area (Å²) >= 11 is 1.35. The lowest BCUT2D eigenvalue weighted by Crippen LogP contribution is -2.00. The summed E-state index contributed by atoms with van der Waals surface area (Å²) in [7, 11) is 0. The number of unbranched alkanes of at least 4 members (excludes halogenated alkanes) is 1. The van der Waals surface area contributed by atoms with Crippen LogP contribution < -0.4 is 0 Å². The molecular formula is C20H17N3O2S. The minimum atomic E-state index is -0.317. The summed E-state index contributed by atoms with van der Waals surface area (Å²) in [4.78, 5) is 17.0. The molecule has 0 saturated heterocycles. The second-order valence-electron chi connectivity index (χ2n) is 6.00. The van der Waals surface area contributed by atoms with Gasteiger partial charge in [-0.2, -0.15) is 0 Å². The van der Waals surface area contributed by atoms with Gasteiger partial charge in [0.1, 0.15) is 0 Å². The fourth-order valence-corrected chi connectivity index (χ4v) is 3.63. The summed E-state index contributed by atoms with van der Waals surface area (Å²) in [5.74, 6) is 0.198. The standard InChI is InChI=1S/C20H17N3O2S/c1-2-3-9-17-22-23-19(25-17)18(24)20-21-15-11-10-14(12-16(15)26-20)13-7-5-4-6-8-13/h4-8,10-12H,2-3,9H2,1H3. The van der Waals surface area contributed by atoms with Crippen molar-refractivity contribution in [3.05, 3.63) is 65.3 Å². The molecule has 130 valence electrons. The average Bonchev–Trinajstić information content (AvgIpc) is 3.33. The van der Waals surface area contributed by atoms with Crippen LogP contribution in [0.25, 0.3) is 21.3 Å². The Morgan fingerprint density at radius 3 is 2.73 bits per heavy atom. The Labute approximate surface area is 154 Å². The SMILES string of the molecule is CCCCc1nnc(C(=O)c2nc3ccc(-c4ccccc4)cc3s2)o1. The van der Waals surface area contributed by atoms with E-state index in [0.29, 0.717) is 17.3 Å². The van der Waals surface area contributed by atoms with Crippen molar-refractivity contribution in [3.8, 4) is 11.1 Å². The fourth-order valence-electron chi connectivity index (χ4n) is 2.70. The molecule has 4 aromatic rings. The molecule has 0 aliphatic heterocycles. The molecule has 0 amide bonds. The summed E-state index contributed by atoms with van der Waals surface area (Å²) in [5, 5.41) is 8.20. The number of hydrogen-bond acceptors (Lipinski definition) is 6. The maximum atomic E-state index is 12.6. The van der Waals surface area contributed by atoms with E-state index in [1.807, 2.05) is 30.3 Å². The lowest BCUT2D eigenvalue weighted by Gasteiger charge is -2.00. The van der Waals surface area contributed by atoms with Crippen LogP contribution in [-0.2, 0) is 6.42 Å². The van der Waals surface area contributed by atoms with Crippen molar-refractivity contribution in [2.75, 3.05) is 0 Å². The van der Waals surface area contributed by atoms with Gasteiger partial charge in [-0.1, -0.05) is 49.7 Å². The van der Waals surface area contributed by atoms with Crippen LogP contribution in [0.15, 0.2) is 52.9 Å². The van der Waals surface area contributed by atoms with Gasteiger partial charge in [0.05, 0.1) is 10.2 Å². The normalized spacial score (nSPS) is 11.1. The molecule has 2 aromatic carbocycles. The Kier molecular flexibility index (Phi) is 4.58. The van der Waals surface area contributed by atoms with Gasteiger partial charge >= 0.3 is 0 Å². The van der Waals surface area contributed by atoms with Gasteiger partial charge in [0.2, 0.25) is 5.89 Å². The van der Waals surface area contributed by atoms with E-state index in [1.165, 1.54) is 11.3 Å². The van der Waals surface area contributed by atoms with Crippen LogP contribution >= 0.6 is 11.3 Å². The third-order valence-electron chi connectivity index (χ3n) is 4.10. The molecule has 0 bridgehead atoms. The largest absolute Gasteiger partial charge is 0.418 e. The molecule has 0 fully saturated rings. The fraction of sp³-hybridized carbons (Fsp3) is 0.200. The minimum absolute atomic E-state index is 0.0124. The van der Waals surface area contributed by atoms with E-state index in [9.17, 15) is 4.79 Å². The second-order valence-corrected chi connectivity index (χ2v) is 7.03. The van der Waals surface area contributed by atoms with E-state index < -0.39 is 0 Å². The van der Waals surface area contributed by atoms with Crippen molar-refractivity contribution in [1.82, 2.24) is 15.2 Å². The molecule has 0 saturated carbocycles. The van der Waals surface area contributed by atoms with Crippen molar-refractivity contribution < 1.29 is 9.21 Å². The molecule has 6 heteroatoms. The maximum absolute atomic E-state index is 12.6. The van der Waals surface area contributed by atoms with Crippen molar-refractivity contribution in [1.29, 1.82) is 0 Å². The van der Waals surface area contributed by atoms with Crippen molar-refractivity contribution in [3.63, 3.8) is 0 Å². The van der Waals surface area contributed by atoms with Gasteiger partial charge in [-0.15, -0.1) is 21.5 Å². The predicted octanol–water partition coefficient (Wildman–Crippen LogP) is 4.92. The Bertz CT molecular complexity index is 1050. The van der Waals surface area contributed by atoms with Crippen molar-refractivity contribution >= 4 is 27.3 Å². The molecule has 26 heavy (non-hydrogen) atoms. The molecule has 5 nitrogen and oxygen atoms in total. The Morgan fingerprint density at radius 1 is 1.08 bits per heavy atom. The summed E-state index contributed by atoms with van der Waals surface area (Å²) in [6.45, 7) is 2.09. The summed E-state index contributed by atoms with van der Waals surface area (Å²) < 4.78 is 6.44. The van der Waals surface area contributed by atoms with Crippen molar-refractivity contribution in [2.24, 2.45) is 0 Å². The highest BCUT2D eigenvalue weighted by Gasteiger charge is 2.21. The van der Waals surface area contributed by atoms with Crippen LogP contribution in [0.5, 0.6) is 0 Å². The zero-order chi connectivity index (χ0) is 17.9. The first kappa shape index (κ1) is 16.6. The molecule has 0 atom stereocenters. The summed E-state index contributed by atoms with van der Waals surface area (Å²) in [5.41, 5.74) is 3.03. The topological polar surface area (TPSA) is 68.9 Å². The molecule has 0 N–H and O–H groups in total. The molecule has 4 rings (SSSR count). The number of carbonyl (C=O) groups is 1. The number of benzene rings is 2. The Balaban J connectivity index is 1.62. The second kappa shape index (κ2) is 7.17. The Morgan fingerprint density at radius 2 is 1.92 bits per heavy atom. The first-order chi connectivity index (χ1) is 12.7. The van der Waals surface area contributed by atoms with Crippen LogP contribution in [0.3, 0.4) is 0 Å². The predicted molar refractivity (Wildman–Crippen MR) is 101 cm³/mol. The number of carbonyl (C=O) groups excluding carboxylic acids is 1. The van der Waals surface area contributed by atoms with E-state index in [2.05, 4.69) is 40.3 Å². The number of hydrogen-bond donors (Lipinski definition) is 0. The van der Waals surface area contributed by atoms with Gasteiger partial charge in [-0.25, -0.2) is 4.98 Å². The van der Waals surface area contributed by atoms with Crippen LogP contribution in [-0.4, -0.2) is 21.0 Å². The van der Waals surface area contributed by atoms with Gasteiger partial charge in [-0.3, -0.25) is 4.79 Å². The van der Waals surface area contributed by atoms with E-state index in [-0.39, 0.29) is 11.7 Å². The third-order valence-corrected chi connectivity index (χ3v) is 5.11. The smallest absolute Gasteiger partial charge is 0.291 e. The zero-order valence-corrected chi connectivity index (χ0v) is 15.1. The molecule has 0 aliphatic rings. The van der Waals surface area contributed by atoms with Gasteiger partial charge in [0.15, 0.2) is 5.01 Å². The van der Waals surface area contributed by atoms with Gasteiger partial charge in [0, 0.05) is 6.42 Å². The van der Waals surface area contributed by atoms with E-state index >= 15 is 0 Å². The van der Waals surface area contributed by atoms with Crippen LogP contribution in [0.1, 0.15) is 41.3 Å². The summed E-state index contributed by atoms with van der Waals surface area (Å²) in [6.07, 6.45) is 2.68. The quantitative estimate of drug-likeness (QED) is 0.455. The first-order valence-corrected chi connectivity index (χ1v) is 9.39. The lowest BCUT2D eigenvalue weighted by molar-refractivity contribution is 0.100. The average molecular weight is 363 g/mol. The van der Waals surface area contributed by atoms with Gasteiger partial charge in [-0.05, 0) is 29.7 Å².